The van der Waals surface area contributed by atoms with Crippen molar-refractivity contribution in [1.82, 2.24) is 0 Å². The highest BCUT2D eigenvalue weighted by Crippen LogP contribution is 2.15. The van der Waals surface area contributed by atoms with Crippen molar-refractivity contribution in [2.24, 2.45) is 10.9 Å². The summed E-state index contributed by atoms with van der Waals surface area (Å²) in [6.07, 6.45) is 1.05. The molecule has 4 N–H and O–H groups in total. The van der Waals surface area contributed by atoms with Crippen LogP contribution in [0.4, 0.5) is 5.69 Å². The van der Waals surface area contributed by atoms with E-state index in [1.165, 1.54) is 11.1 Å². The summed E-state index contributed by atoms with van der Waals surface area (Å²) in [6.45, 7) is 4.91. The number of rotatable bonds is 5. The molecule has 0 spiro atoms. The molecule has 110 valence electrons. The molecule has 0 saturated heterocycles. The zero-order valence-corrected chi connectivity index (χ0v) is 12.4. The van der Waals surface area contributed by atoms with E-state index in [9.17, 15) is 0 Å². The van der Waals surface area contributed by atoms with Gasteiger partial charge in [-0.1, -0.05) is 36.3 Å². The van der Waals surface area contributed by atoms with E-state index in [0.717, 1.165) is 29.8 Å². The molecule has 0 amide bonds. The van der Waals surface area contributed by atoms with E-state index < -0.39 is 0 Å². The number of nitrogens with one attached hydrogen (secondary N) is 1. The second kappa shape index (κ2) is 6.79. The van der Waals surface area contributed by atoms with Crippen molar-refractivity contribution in [3.63, 3.8) is 0 Å². The predicted molar refractivity (Wildman–Crippen MR) is 86.8 cm³/mol. The molecule has 4 heteroatoms. The first-order chi connectivity index (χ1) is 10.1. The van der Waals surface area contributed by atoms with Gasteiger partial charge in [0.15, 0.2) is 5.84 Å². The molecule has 0 aromatic heterocycles. The summed E-state index contributed by atoms with van der Waals surface area (Å²) in [6, 6.07) is 14.2. The van der Waals surface area contributed by atoms with Gasteiger partial charge in [0, 0.05) is 17.8 Å². The van der Waals surface area contributed by atoms with E-state index in [2.05, 4.69) is 41.7 Å². The summed E-state index contributed by atoms with van der Waals surface area (Å²) < 4.78 is 0. The molecule has 0 aliphatic heterocycles. The molecule has 21 heavy (non-hydrogen) atoms. The van der Waals surface area contributed by atoms with Crippen molar-refractivity contribution in [3.8, 4) is 0 Å². The summed E-state index contributed by atoms with van der Waals surface area (Å²) in [5.41, 5.74) is 11.0. The number of oxime groups is 1. The van der Waals surface area contributed by atoms with Crippen LogP contribution in [0.25, 0.3) is 0 Å². The first kappa shape index (κ1) is 14.9. The lowest BCUT2D eigenvalue weighted by Gasteiger charge is -2.11. The van der Waals surface area contributed by atoms with Crippen LogP contribution in [0.5, 0.6) is 0 Å². The molecule has 0 bridgehead atoms. The van der Waals surface area contributed by atoms with Gasteiger partial charge < -0.3 is 16.3 Å². The average Bonchev–Trinajstić information content (AvgIpc) is 2.53. The van der Waals surface area contributed by atoms with Gasteiger partial charge in [-0.2, -0.15) is 0 Å². The van der Waals surface area contributed by atoms with Crippen LogP contribution in [0.2, 0.25) is 0 Å². The third kappa shape index (κ3) is 3.75. The maximum absolute atomic E-state index is 8.69. The number of hydrogen-bond acceptors (Lipinski definition) is 3. The van der Waals surface area contributed by atoms with Crippen LogP contribution in [0, 0.1) is 6.92 Å². The Morgan fingerprint density at radius 2 is 1.90 bits per heavy atom. The van der Waals surface area contributed by atoms with Gasteiger partial charge in [-0.3, -0.25) is 0 Å². The minimum Gasteiger partial charge on any atom is -0.409 e. The number of amidine groups is 1. The molecule has 0 radical (unpaired) electrons. The van der Waals surface area contributed by atoms with E-state index in [0.29, 0.717) is 0 Å². The summed E-state index contributed by atoms with van der Waals surface area (Å²) in [4.78, 5) is 0. The van der Waals surface area contributed by atoms with E-state index >= 15 is 0 Å². The van der Waals surface area contributed by atoms with Gasteiger partial charge >= 0.3 is 0 Å². The van der Waals surface area contributed by atoms with Gasteiger partial charge in [-0.25, -0.2) is 0 Å². The predicted octanol–water partition coefficient (Wildman–Crippen LogP) is 3.26. The number of aryl methyl sites for hydroxylation is 2. The first-order valence-corrected chi connectivity index (χ1v) is 7.04. The Morgan fingerprint density at radius 1 is 1.19 bits per heavy atom. The van der Waals surface area contributed by atoms with Crippen LogP contribution in [0.1, 0.15) is 29.2 Å². The van der Waals surface area contributed by atoms with Crippen LogP contribution in [0.3, 0.4) is 0 Å². The normalized spacial score (nSPS) is 11.4. The van der Waals surface area contributed by atoms with E-state index in [1.54, 1.807) is 0 Å². The topological polar surface area (TPSA) is 70.6 Å². The molecular weight excluding hydrogens is 262 g/mol. The lowest BCUT2D eigenvalue weighted by molar-refractivity contribution is 0.318. The van der Waals surface area contributed by atoms with Gasteiger partial charge in [0.1, 0.15) is 0 Å². The fourth-order valence-electron chi connectivity index (χ4n) is 2.17. The van der Waals surface area contributed by atoms with Gasteiger partial charge in [0.2, 0.25) is 0 Å². The highest BCUT2D eigenvalue weighted by Gasteiger charge is 2.03. The second-order valence-corrected chi connectivity index (χ2v) is 5.03. The summed E-state index contributed by atoms with van der Waals surface area (Å²) >= 11 is 0. The van der Waals surface area contributed by atoms with Crippen LogP contribution < -0.4 is 11.1 Å². The Labute approximate surface area is 125 Å². The fourth-order valence-corrected chi connectivity index (χ4v) is 2.17. The maximum atomic E-state index is 8.69. The Bertz CT molecular complexity index is 633. The molecule has 2 aromatic rings. The summed E-state index contributed by atoms with van der Waals surface area (Å²) in [5, 5.41) is 15.1. The Kier molecular flexibility index (Phi) is 4.82. The quantitative estimate of drug-likeness (QED) is 0.341. The van der Waals surface area contributed by atoms with Gasteiger partial charge in [-0.05, 0) is 48.2 Å². The van der Waals surface area contributed by atoms with Crippen molar-refractivity contribution in [1.29, 1.82) is 0 Å². The Balaban J connectivity index is 2.05. The van der Waals surface area contributed by atoms with Gasteiger partial charge in [0.25, 0.3) is 0 Å². The number of benzene rings is 2. The van der Waals surface area contributed by atoms with Crippen molar-refractivity contribution >= 4 is 11.5 Å². The van der Waals surface area contributed by atoms with Crippen LogP contribution in [-0.4, -0.2) is 11.0 Å². The highest BCUT2D eigenvalue weighted by molar-refractivity contribution is 5.97. The third-order valence-corrected chi connectivity index (χ3v) is 3.59. The average molecular weight is 283 g/mol. The largest absolute Gasteiger partial charge is 0.409 e. The molecule has 0 atom stereocenters. The monoisotopic (exact) mass is 283 g/mol. The van der Waals surface area contributed by atoms with E-state index in [1.807, 2.05) is 25.1 Å². The van der Waals surface area contributed by atoms with Crippen LogP contribution in [0.15, 0.2) is 47.6 Å². The molecule has 2 rings (SSSR count). The van der Waals surface area contributed by atoms with Crippen molar-refractivity contribution in [2.45, 2.75) is 26.8 Å². The Morgan fingerprint density at radius 3 is 2.48 bits per heavy atom. The molecule has 0 aliphatic carbocycles. The minimum absolute atomic E-state index is 0.132. The summed E-state index contributed by atoms with van der Waals surface area (Å²) in [7, 11) is 0. The fraction of sp³-hybridized carbons (Fsp3) is 0.235. The molecule has 4 nitrogen and oxygen atoms in total. The number of nitrogens with two attached hydrogens (primary N) is 1. The minimum atomic E-state index is 0.132. The van der Waals surface area contributed by atoms with Gasteiger partial charge in [0.05, 0.1) is 0 Å². The molecule has 0 aliphatic rings. The van der Waals surface area contributed by atoms with Crippen molar-refractivity contribution in [3.05, 3.63) is 64.7 Å². The number of nitrogens with zero attached hydrogens (tertiary/aromatic N) is 1. The van der Waals surface area contributed by atoms with E-state index in [-0.39, 0.29) is 5.84 Å². The molecule has 0 unspecified atom stereocenters. The summed E-state index contributed by atoms with van der Waals surface area (Å²) in [5.74, 6) is 0.132. The standard InChI is InChI=1S/C17H21N3O/c1-3-13-4-8-16(9-5-13)19-11-15-7-6-14(10-12(15)2)17(18)20-21/h4-10,19,21H,3,11H2,1-2H3,(H2,18,20). The Hall–Kier alpha value is -2.49. The molecule has 0 saturated carbocycles. The van der Waals surface area contributed by atoms with Crippen molar-refractivity contribution in [2.75, 3.05) is 5.32 Å². The highest BCUT2D eigenvalue weighted by atomic mass is 16.4. The molecule has 0 fully saturated rings. The van der Waals surface area contributed by atoms with Gasteiger partial charge in [-0.15, -0.1) is 0 Å². The second-order valence-electron chi connectivity index (χ2n) is 5.03. The van der Waals surface area contributed by atoms with Crippen molar-refractivity contribution < 1.29 is 5.21 Å². The lowest BCUT2D eigenvalue weighted by Crippen LogP contribution is -2.13. The smallest absolute Gasteiger partial charge is 0.170 e. The molecule has 0 heterocycles. The van der Waals surface area contributed by atoms with Crippen LogP contribution in [-0.2, 0) is 13.0 Å². The SMILES string of the molecule is CCc1ccc(NCc2ccc(/C(N)=N/O)cc2C)cc1. The molecular formula is C17H21N3O. The first-order valence-electron chi connectivity index (χ1n) is 7.04. The lowest BCUT2D eigenvalue weighted by atomic mass is 10.0. The third-order valence-electron chi connectivity index (χ3n) is 3.59. The number of anilines is 1. The zero-order chi connectivity index (χ0) is 15.2. The molecule has 2 aromatic carbocycles. The van der Waals surface area contributed by atoms with E-state index in [4.69, 9.17) is 10.9 Å². The van der Waals surface area contributed by atoms with Crippen LogP contribution >= 0.6 is 0 Å². The maximum Gasteiger partial charge on any atom is 0.170 e. The number of hydrogen-bond donors (Lipinski definition) is 3. The zero-order valence-electron chi connectivity index (χ0n) is 12.4.